The molecule has 0 bridgehead atoms. The molecule has 2 N–H and O–H groups in total. The molecule has 7 nitrogen and oxygen atoms in total. The SMILES string of the molecule is CCCCN1C(=O)c2[nH]nc(-c3ccccc3)c2C1c1cc(OC)c(O)c(OC)c1. The molecule has 0 radical (unpaired) electrons. The summed E-state index contributed by atoms with van der Waals surface area (Å²) in [6, 6.07) is 12.9. The molecule has 0 saturated carbocycles. The monoisotopic (exact) mass is 407 g/mol. The van der Waals surface area contributed by atoms with Crippen LogP contribution in [0.1, 0.15) is 47.4 Å². The van der Waals surface area contributed by atoms with Crippen molar-refractivity contribution in [3.63, 3.8) is 0 Å². The van der Waals surface area contributed by atoms with Gasteiger partial charge in [0.05, 0.1) is 26.0 Å². The van der Waals surface area contributed by atoms with Gasteiger partial charge in [-0.2, -0.15) is 5.10 Å². The van der Waals surface area contributed by atoms with Crippen LogP contribution in [0.15, 0.2) is 42.5 Å². The molecular formula is C23H25N3O4. The van der Waals surface area contributed by atoms with E-state index in [-0.39, 0.29) is 17.7 Å². The van der Waals surface area contributed by atoms with Crippen molar-refractivity contribution >= 4 is 5.91 Å². The average Bonchev–Trinajstić information content (AvgIpc) is 3.32. The largest absolute Gasteiger partial charge is 0.502 e. The van der Waals surface area contributed by atoms with Gasteiger partial charge in [0, 0.05) is 17.7 Å². The molecule has 1 atom stereocenters. The third kappa shape index (κ3) is 3.16. The summed E-state index contributed by atoms with van der Waals surface area (Å²) in [6.45, 7) is 2.71. The van der Waals surface area contributed by atoms with E-state index in [2.05, 4.69) is 17.1 Å². The molecule has 0 saturated heterocycles. The molecule has 1 aliphatic rings. The Morgan fingerprint density at radius 1 is 1.13 bits per heavy atom. The third-order valence-corrected chi connectivity index (χ3v) is 5.48. The van der Waals surface area contributed by atoms with E-state index in [1.54, 1.807) is 12.1 Å². The molecule has 1 unspecified atom stereocenters. The first kappa shape index (κ1) is 19.8. The number of H-pyrrole nitrogens is 1. The Bertz CT molecular complexity index is 1040. The number of carbonyl (C=O) groups is 1. The number of aromatic nitrogens is 2. The molecule has 30 heavy (non-hydrogen) atoms. The smallest absolute Gasteiger partial charge is 0.273 e. The summed E-state index contributed by atoms with van der Waals surface area (Å²) in [7, 11) is 2.98. The van der Waals surface area contributed by atoms with Gasteiger partial charge < -0.3 is 19.5 Å². The van der Waals surface area contributed by atoms with Crippen molar-refractivity contribution in [2.75, 3.05) is 20.8 Å². The fraction of sp³-hybridized carbons (Fsp3) is 0.304. The van der Waals surface area contributed by atoms with Crippen molar-refractivity contribution in [2.24, 2.45) is 0 Å². The van der Waals surface area contributed by atoms with Gasteiger partial charge >= 0.3 is 0 Å². The Morgan fingerprint density at radius 3 is 2.40 bits per heavy atom. The number of phenols is 1. The van der Waals surface area contributed by atoms with Crippen LogP contribution in [0.3, 0.4) is 0 Å². The highest BCUT2D eigenvalue weighted by Crippen LogP contribution is 2.47. The van der Waals surface area contributed by atoms with Crippen LogP contribution in [-0.4, -0.2) is 46.9 Å². The van der Waals surface area contributed by atoms with Crippen LogP contribution in [0.2, 0.25) is 0 Å². The topological polar surface area (TPSA) is 87.7 Å². The van der Waals surface area contributed by atoms with Crippen molar-refractivity contribution in [2.45, 2.75) is 25.8 Å². The summed E-state index contributed by atoms with van der Waals surface area (Å²) in [5.41, 5.74) is 3.80. The number of aromatic amines is 1. The number of hydrogen-bond acceptors (Lipinski definition) is 5. The highest BCUT2D eigenvalue weighted by Gasteiger charge is 2.42. The van der Waals surface area contributed by atoms with Crippen LogP contribution >= 0.6 is 0 Å². The van der Waals surface area contributed by atoms with Crippen molar-refractivity contribution < 1.29 is 19.4 Å². The lowest BCUT2D eigenvalue weighted by Crippen LogP contribution is -2.30. The number of aromatic hydroxyl groups is 1. The predicted octanol–water partition coefficient (Wildman–Crippen LogP) is 4.14. The summed E-state index contributed by atoms with van der Waals surface area (Å²) >= 11 is 0. The number of methoxy groups -OCH3 is 2. The maximum Gasteiger partial charge on any atom is 0.273 e. The Labute approximate surface area is 175 Å². The minimum Gasteiger partial charge on any atom is -0.502 e. The molecule has 1 aliphatic heterocycles. The molecule has 2 heterocycles. The van der Waals surface area contributed by atoms with E-state index in [4.69, 9.17) is 9.47 Å². The maximum absolute atomic E-state index is 13.2. The summed E-state index contributed by atoms with van der Waals surface area (Å²) in [4.78, 5) is 15.1. The summed E-state index contributed by atoms with van der Waals surface area (Å²) in [6.07, 6.45) is 1.85. The number of carbonyl (C=O) groups excluding carboxylic acids is 1. The van der Waals surface area contributed by atoms with Crippen LogP contribution in [-0.2, 0) is 0 Å². The van der Waals surface area contributed by atoms with Crippen LogP contribution in [0, 0.1) is 0 Å². The number of amides is 1. The number of benzene rings is 2. The van der Waals surface area contributed by atoms with Crippen LogP contribution in [0.25, 0.3) is 11.3 Å². The molecular weight excluding hydrogens is 382 g/mol. The summed E-state index contributed by atoms with van der Waals surface area (Å²) in [5, 5.41) is 17.8. The van der Waals surface area contributed by atoms with Gasteiger partial charge in [0.15, 0.2) is 11.5 Å². The lowest BCUT2D eigenvalue weighted by Gasteiger charge is -2.27. The van der Waals surface area contributed by atoms with Gasteiger partial charge in [0.2, 0.25) is 5.75 Å². The third-order valence-electron chi connectivity index (χ3n) is 5.48. The van der Waals surface area contributed by atoms with Gasteiger partial charge in [-0.3, -0.25) is 9.89 Å². The number of fused-ring (bicyclic) bond motifs is 1. The molecule has 0 aliphatic carbocycles. The highest BCUT2D eigenvalue weighted by molar-refractivity contribution is 6.00. The second-order valence-corrected chi connectivity index (χ2v) is 7.26. The first-order chi connectivity index (χ1) is 14.6. The fourth-order valence-corrected chi connectivity index (χ4v) is 3.99. The van der Waals surface area contributed by atoms with Gasteiger partial charge in [-0.25, -0.2) is 0 Å². The number of nitrogens with zero attached hydrogens (tertiary/aromatic N) is 2. The van der Waals surface area contributed by atoms with Crippen LogP contribution < -0.4 is 9.47 Å². The zero-order chi connectivity index (χ0) is 21.3. The molecule has 3 aromatic rings. The molecule has 0 fully saturated rings. The van der Waals surface area contributed by atoms with Gasteiger partial charge in [-0.15, -0.1) is 0 Å². The first-order valence-electron chi connectivity index (χ1n) is 10.00. The Hall–Kier alpha value is -3.48. The number of ether oxygens (including phenoxy) is 2. The summed E-state index contributed by atoms with van der Waals surface area (Å²) < 4.78 is 10.7. The molecule has 2 aromatic carbocycles. The number of unbranched alkanes of at least 4 members (excludes halogenated alkanes) is 1. The normalized spacial score (nSPS) is 15.4. The van der Waals surface area contributed by atoms with Gasteiger partial charge in [-0.1, -0.05) is 43.7 Å². The molecule has 156 valence electrons. The maximum atomic E-state index is 13.2. The molecule has 4 rings (SSSR count). The number of phenolic OH excluding ortho intramolecular Hbond substituents is 1. The van der Waals surface area contributed by atoms with E-state index in [1.807, 2.05) is 35.2 Å². The van der Waals surface area contributed by atoms with Crippen molar-refractivity contribution in [1.29, 1.82) is 0 Å². The number of nitrogens with one attached hydrogen (secondary N) is 1. The van der Waals surface area contributed by atoms with Gasteiger partial charge in [0.25, 0.3) is 5.91 Å². The second kappa shape index (κ2) is 8.10. The quantitative estimate of drug-likeness (QED) is 0.614. The lowest BCUT2D eigenvalue weighted by atomic mass is 9.95. The standard InChI is InChI=1S/C23H25N3O4/c1-4-5-11-26-21(15-12-16(29-2)22(27)17(13-15)30-3)18-19(14-9-7-6-8-10-14)24-25-20(18)23(26)28/h6-10,12-13,21,27H,4-5,11H2,1-3H3,(H,24,25). The first-order valence-corrected chi connectivity index (χ1v) is 10.00. The van der Waals surface area contributed by atoms with E-state index in [1.165, 1.54) is 14.2 Å². The minimum absolute atomic E-state index is 0.0659. The van der Waals surface area contributed by atoms with Crippen LogP contribution in [0.5, 0.6) is 17.2 Å². The Balaban J connectivity index is 1.91. The van der Waals surface area contributed by atoms with E-state index in [0.29, 0.717) is 23.7 Å². The van der Waals surface area contributed by atoms with E-state index >= 15 is 0 Å². The van der Waals surface area contributed by atoms with E-state index < -0.39 is 0 Å². The molecule has 7 heteroatoms. The zero-order valence-corrected chi connectivity index (χ0v) is 17.3. The second-order valence-electron chi connectivity index (χ2n) is 7.26. The van der Waals surface area contributed by atoms with Crippen LogP contribution in [0.4, 0.5) is 0 Å². The Morgan fingerprint density at radius 2 is 1.80 bits per heavy atom. The lowest BCUT2D eigenvalue weighted by molar-refractivity contribution is 0.0741. The molecule has 0 spiro atoms. The Kier molecular flexibility index (Phi) is 5.35. The number of rotatable bonds is 7. The van der Waals surface area contributed by atoms with Crippen molar-refractivity contribution in [3.05, 3.63) is 59.3 Å². The molecule has 1 aromatic heterocycles. The van der Waals surface area contributed by atoms with Gasteiger partial charge in [0.1, 0.15) is 5.69 Å². The minimum atomic E-state index is -0.364. The molecule has 1 amide bonds. The van der Waals surface area contributed by atoms with E-state index in [0.717, 1.165) is 35.2 Å². The van der Waals surface area contributed by atoms with Crippen molar-refractivity contribution in [1.82, 2.24) is 15.1 Å². The van der Waals surface area contributed by atoms with Crippen molar-refractivity contribution in [3.8, 4) is 28.5 Å². The fourth-order valence-electron chi connectivity index (χ4n) is 3.99. The zero-order valence-electron chi connectivity index (χ0n) is 17.3. The number of hydrogen-bond donors (Lipinski definition) is 2. The average molecular weight is 407 g/mol. The highest BCUT2D eigenvalue weighted by atomic mass is 16.5. The predicted molar refractivity (Wildman–Crippen MR) is 113 cm³/mol. The van der Waals surface area contributed by atoms with Gasteiger partial charge in [-0.05, 0) is 24.1 Å². The summed E-state index contributed by atoms with van der Waals surface area (Å²) in [5.74, 6) is 0.448. The van der Waals surface area contributed by atoms with E-state index in [9.17, 15) is 9.90 Å².